The topological polar surface area (TPSA) is 46.2 Å². The lowest BCUT2D eigenvalue weighted by Crippen LogP contribution is -1.99. The molecule has 5 heteroatoms. The Morgan fingerprint density at radius 1 is 1.05 bits per heavy atom. The molecule has 1 N–H and O–H groups in total. The Balaban J connectivity index is 2.00. The third-order valence-corrected chi connectivity index (χ3v) is 5.17. The van der Waals surface area contributed by atoms with Gasteiger partial charge in [0.1, 0.15) is 0 Å². The molecule has 2 rings (SSSR count). The summed E-state index contributed by atoms with van der Waals surface area (Å²) in [6.07, 6.45) is 2.28. The van der Waals surface area contributed by atoms with Gasteiger partial charge < -0.3 is 5.32 Å². The zero-order valence-electron chi connectivity index (χ0n) is 11.0. The number of rotatable bonds is 5. The highest BCUT2D eigenvalue weighted by Crippen LogP contribution is 2.19. The minimum atomic E-state index is -3.11. The molecule has 2 aromatic rings. The number of nitrogens with one attached hydrogen (secondary N) is 1. The van der Waals surface area contributed by atoms with E-state index in [1.54, 1.807) is 35.6 Å². The Kier molecular flexibility index (Phi) is 4.27. The molecule has 0 aliphatic carbocycles. The number of benzene rings is 1. The summed E-state index contributed by atoms with van der Waals surface area (Å²) in [4.78, 5) is 3.01. The van der Waals surface area contributed by atoms with Crippen LogP contribution in [0.15, 0.2) is 41.3 Å². The molecule has 0 aliphatic rings. The van der Waals surface area contributed by atoms with Crippen molar-refractivity contribution in [2.45, 2.75) is 24.8 Å². The number of thiophene rings is 1. The molecule has 0 saturated heterocycles. The fourth-order valence-electron chi connectivity index (χ4n) is 1.72. The highest BCUT2D eigenvalue weighted by atomic mass is 32.2. The van der Waals surface area contributed by atoms with Crippen LogP contribution >= 0.6 is 11.3 Å². The summed E-state index contributed by atoms with van der Waals surface area (Å²) in [5.41, 5.74) is 0.929. The maximum Gasteiger partial charge on any atom is 0.175 e. The van der Waals surface area contributed by atoms with Crippen LogP contribution in [0.2, 0.25) is 0 Å². The fraction of sp³-hybridized carbons (Fsp3) is 0.286. The molecule has 1 aromatic heterocycles. The molecule has 19 heavy (non-hydrogen) atoms. The molecule has 0 spiro atoms. The minimum Gasteiger partial charge on any atom is -0.380 e. The van der Waals surface area contributed by atoms with Crippen molar-refractivity contribution in [2.24, 2.45) is 0 Å². The van der Waals surface area contributed by atoms with Gasteiger partial charge in [-0.25, -0.2) is 8.42 Å². The maximum atomic E-state index is 11.3. The zero-order chi connectivity index (χ0) is 13.9. The molecular weight excluding hydrogens is 278 g/mol. The van der Waals surface area contributed by atoms with Crippen molar-refractivity contribution in [1.29, 1.82) is 0 Å². The van der Waals surface area contributed by atoms with Gasteiger partial charge in [-0.05, 0) is 42.8 Å². The Hall–Kier alpha value is -1.33. The Morgan fingerprint density at radius 2 is 1.68 bits per heavy atom. The number of anilines is 1. The van der Waals surface area contributed by atoms with E-state index in [0.717, 1.165) is 18.7 Å². The molecule has 0 fully saturated rings. The van der Waals surface area contributed by atoms with Crippen molar-refractivity contribution >= 4 is 26.9 Å². The molecule has 0 saturated carbocycles. The summed E-state index contributed by atoms with van der Waals surface area (Å²) in [6.45, 7) is 2.91. The summed E-state index contributed by atoms with van der Waals surface area (Å²) < 4.78 is 22.7. The number of aryl methyl sites for hydroxylation is 1. The molecule has 102 valence electrons. The van der Waals surface area contributed by atoms with Crippen LogP contribution < -0.4 is 5.32 Å². The van der Waals surface area contributed by atoms with E-state index < -0.39 is 9.84 Å². The Labute approximate surface area is 118 Å². The highest BCUT2D eigenvalue weighted by Gasteiger charge is 2.06. The van der Waals surface area contributed by atoms with Crippen LogP contribution in [0.3, 0.4) is 0 Å². The second-order valence-electron chi connectivity index (χ2n) is 4.37. The van der Waals surface area contributed by atoms with Crippen LogP contribution in [0.25, 0.3) is 0 Å². The van der Waals surface area contributed by atoms with E-state index in [1.807, 2.05) is 0 Å². The van der Waals surface area contributed by atoms with Crippen LogP contribution in [0.4, 0.5) is 5.69 Å². The van der Waals surface area contributed by atoms with Gasteiger partial charge >= 0.3 is 0 Å². The normalized spacial score (nSPS) is 11.5. The summed E-state index contributed by atoms with van der Waals surface area (Å²) in [5.74, 6) is 0. The molecule has 1 aromatic carbocycles. The van der Waals surface area contributed by atoms with Crippen molar-refractivity contribution in [1.82, 2.24) is 0 Å². The Morgan fingerprint density at radius 3 is 2.21 bits per heavy atom. The minimum absolute atomic E-state index is 0.349. The summed E-state index contributed by atoms with van der Waals surface area (Å²) in [6, 6.07) is 11.1. The first-order chi connectivity index (χ1) is 8.99. The van der Waals surface area contributed by atoms with E-state index >= 15 is 0 Å². The molecular formula is C14H17NO2S2. The molecule has 0 bridgehead atoms. The van der Waals surface area contributed by atoms with Gasteiger partial charge in [0.25, 0.3) is 0 Å². The molecule has 0 atom stereocenters. The van der Waals surface area contributed by atoms with E-state index in [-0.39, 0.29) is 0 Å². The zero-order valence-corrected chi connectivity index (χ0v) is 12.6. The largest absolute Gasteiger partial charge is 0.380 e. The second kappa shape index (κ2) is 5.75. The molecule has 1 heterocycles. The number of hydrogen-bond donors (Lipinski definition) is 1. The molecule has 3 nitrogen and oxygen atoms in total. The van der Waals surface area contributed by atoms with Gasteiger partial charge in [0, 0.05) is 28.2 Å². The summed E-state index contributed by atoms with van der Waals surface area (Å²) in [5, 5.41) is 3.29. The quantitative estimate of drug-likeness (QED) is 0.920. The summed E-state index contributed by atoms with van der Waals surface area (Å²) in [7, 11) is -3.11. The lowest BCUT2D eigenvalue weighted by atomic mass is 10.3. The standard InChI is InChI=1S/C14H17NO2S2/c1-3-12-6-7-13(18-12)10-15-11-4-8-14(9-5-11)19(2,16)17/h4-9,15H,3,10H2,1-2H3. The van der Waals surface area contributed by atoms with Gasteiger partial charge in [0.05, 0.1) is 4.90 Å². The van der Waals surface area contributed by atoms with E-state index in [1.165, 1.54) is 16.0 Å². The summed E-state index contributed by atoms with van der Waals surface area (Å²) >= 11 is 1.80. The predicted octanol–water partition coefficient (Wildman–Crippen LogP) is 3.33. The SMILES string of the molecule is CCc1ccc(CNc2ccc(S(C)(=O)=O)cc2)s1. The number of sulfone groups is 1. The average Bonchev–Trinajstić information content (AvgIpc) is 2.84. The third-order valence-electron chi connectivity index (χ3n) is 2.81. The van der Waals surface area contributed by atoms with Crippen molar-refractivity contribution in [2.75, 3.05) is 11.6 Å². The van der Waals surface area contributed by atoms with Crippen LogP contribution in [0.1, 0.15) is 16.7 Å². The van der Waals surface area contributed by atoms with Crippen LogP contribution in [-0.4, -0.2) is 14.7 Å². The van der Waals surface area contributed by atoms with Gasteiger partial charge in [0.2, 0.25) is 0 Å². The first-order valence-electron chi connectivity index (χ1n) is 6.10. The Bertz CT molecular complexity index is 642. The molecule has 0 unspecified atom stereocenters. The first kappa shape index (κ1) is 14.1. The predicted molar refractivity (Wildman–Crippen MR) is 80.6 cm³/mol. The molecule has 0 radical (unpaired) electrons. The second-order valence-corrected chi connectivity index (χ2v) is 7.64. The average molecular weight is 295 g/mol. The molecule has 0 aliphatic heterocycles. The van der Waals surface area contributed by atoms with Gasteiger partial charge in [-0.2, -0.15) is 0 Å². The highest BCUT2D eigenvalue weighted by molar-refractivity contribution is 7.90. The lowest BCUT2D eigenvalue weighted by Gasteiger charge is -2.05. The molecule has 0 amide bonds. The van der Waals surface area contributed by atoms with Gasteiger partial charge in [0.15, 0.2) is 9.84 Å². The van der Waals surface area contributed by atoms with E-state index in [4.69, 9.17) is 0 Å². The van der Waals surface area contributed by atoms with Crippen LogP contribution in [-0.2, 0) is 22.8 Å². The van der Waals surface area contributed by atoms with Gasteiger partial charge in [-0.3, -0.25) is 0 Å². The van der Waals surface area contributed by atoms with E-state index in [2.05, 4.69) is 24.4 Å². The maximum absolute atomic E-state index is 11.3. The van der Waals surface area contributed by atoms with Gasteiger partial charge in [-0.15, -0.1) is 11.3 Å². The van der Waals surface area contributed by atoms with Crippen LogP contribution in [0.5, 0.6) is 0 Å². The monoisotopic (exact) mass is 295 g/mol. The lowest BCUT2D eigenvalue weighted by molar-refractivity contribution is 0.602. The van der Waals surface area contributed by atoms with Crippen molar-refractivity contribution < 1.29 is 8.42 Å². The van der Waals surface area contributed by atoms with Crippen molar-refractivity contribution in [3.8, 4) is 0 Å². The van der Waals surface area contributed by atoms with E-state index in [0.29, 0.717) is 4.90 Å². The van der Waals surface area contributed by atoms with Crippen LogP contribution in [0, 0.1) is 0 Å². The fourth-order valence-corrected chi connectivity index (χ4v) is 3.24. The van der Waals surface area contributed by atoms with Gasteiger partial charge in [-0.1, -0.05) is 6.92 Å². The number of hydrogen-bond acceptors (Lipinski definition) is 4. The van der Waals surface area contributed by atoms with E-state index in [9.17, 15) is 8.42 Å². The third kappa shape index (κ3) is 3.81. The van der Waals surface area contributed by atoms with Crippen molar-refractivity contribution in [3.05, 3.63) is 46.2 Å². The first-order valence-corrected chi connectivity index (χ1v) is 8.81. The van der Waals surface area contributed by atoms with Crippen molar-refractivity contribution in [3.63, 3.8) is 0 Å². The smallest absolute Gasteiger partial charge is 0.175 e.